The van der Waals surface area contributed by atoms with Gasteiger partial charge in [0.25, 0.3) is 5.91 Å². The lowest BCUT2D eigenvalue weighted by molar-refractivity contribution is 0.0477. The van der Waals surface area contributed by atoms with E-state index < -0.39 is 0 Å². The molecule has 1 saturated heterocycles. The molecule has 1 unspecified atom stereocenters. The quantitative estimate of drug-likeness (QED) is 0.911. The third kappa shape index (κ3) is 2.77. The Morgan fingerprint density at radius 2 is 2.35 bits per heavy atom. The summed E-state index contributed by atoms with van der Waals surface area (Å²) in [5.74, 6) is 0.910. The fraction of sp³-hybridized carbons (Fsp3) is 0.688. The molecule has 0 saturated carbocycles. The van der Waals surface area contributed by atoms with Gasteiger partial charge in [-0.05, 0) is 49.7 Å². The smallest absolute Gasteiger partial charge is 0.264 e. The largest absolute Gasteiger partial charge is 0.391 e. The number of piperidine rings is 1. The van der Waals surface area contributed by atoms with Crippen LogP contribution in [0.1, 0.15) is 52.7 Å². The van der Waals surface area contributed by atoms with Crippen LogP contribution in [0.3, 0.4) is 0 Å². The second-order valence-electron chi connectivity index (χ2n) is 6.12. The highest BCUT2D eigenvalue weighted by Crippen LogP contribution is 2.34. The molecule has 3 nitrogen and oxygen atoms in total. The number of aliphatic hydroxyl groups is 1. The number of β-amino-alcohol motifs (C(OH)–C–C–N with tert-alkyl or cyclic N) is 1. The molecule has 3 rings (SSSR count). The topological polar surface area (TPSA) is 40.5 Å². The van der Waals surface area contributed by atoms with Gasteiger partial charge in [-0.1, -0.05) is 13.3 Å². The maximum atomic E-state index is 12.5. The molecule has 0 bridgehead atoms. The van der Waals surface area contributed by atoms with E-state index in [4.69, 9.17) is 0 Å². The van der Waals surface area contributed by atoms with Crippen molar-refractivity contribution < 1.29 is 9.90 Å². The fourth-order valence-corrected chi connectivity index (χ4v) is 4.52. The zero-order valence-electron chi connectivity index (χ0n) is 12.1. The van der Waals surface area contributed by atoms with Gasteiger partial charge in [0, 0.05) is 18.0 Å². The summed E-state index contributed by atoms with van der Waals surface area (Å²) in [7, 11) is 0. The van der Waals surface area contributed by atoms with Crippen molar-refractivity contribution in [3.8, 4) is 0 Å². The minimum Gasteiger partial charge on any atom is -0.391 e. The van der Waals surface area contributed by atoms with Gasteiger partial charge in [0.2, 0.25) is 0 Å². The van der Waals surface area contributed by atoms with Gasteiger partial charge in [-0.15, -0.1) is 11.3 Å². The van der Waals surface area contributed by atoms with Crippen molar-refractivity contribution >= 4 is 17.2 Å². The van der Waals surface area contributed by atoms with Crippen LogP contribution in [0, 0.1) is 5.92 Å². The minimum absolute atomic E-state index is 0.121. The van der Waals surface area contributed by atoms with E-state index >= 15 is 0 Å². The molecule has 4 heteroatoms. The highest BCUT2D eigenvalue weighted by atomic mass is 32.1. The molecule has 1 amide bonds. The SMILES string of the molecule is CCC1CCc2sc(C(=O)N3CCC[C@H](O)C3)cc2C1. The molecular weight excluding hydrogens is 270 g/mol. The van der Waals surface area contributed by atoms with Gasteiger partial charge < -0.3 is 10.0 Å². The maximum absolute atomic E-state index is 12.5. The zero-order chi connectivity index (χ0) is 14.1. The Morgan fingerprint density at radius 1 is 1.50 bits per heavy atom. The molecule has 2 aliphatic rings. The Hall–Kier alpha value is -0.870. The molecule has 1 aliphatic heterocycles. The molecule has 0 aromatic carbocycles. The lowest BCUT2D eigenvalue weighted by atomic mass is 9.87. The zero-order valence-corrected chi connectivity index (χ0v) is 12.9. The number of fused-ring (bicyclic) bond motifs is 1. The first-order chi connectivity index (χ1) is 9.67. The molecule has 20 heavy (non-hydrogen) atoms. The van der Waals surface area contributed by atoms with Crippen molar-refractivity contribution in [2.24, 2.45) is 5.92 Å². The number of carbonyl (C=O) groups excluding carboxylic acids is 1. The number of likely N-dealkylation sites (tertiary alicyclic amines) is 1. The summed E-state index contributed by atoms with van der Waals surface area (Å²) in [4.78, 5) is 16.6. The van der Waals surface area contributed by atoms with Crippen LogP contribution in [-0.2, 0) is 12.8 Å². The average molecular weight is 293 g/mol. The summed E-state index contributed by atoms with van der Waals surface area (Å²) in [5.41, 5.74) is 1.40. The Labute approximate surface area is 124 Å². The van der Waals surface area contributed by atoms with Crippen LogP contribution in [0.5, 0.6) is 0 Å². The van der Waals surface area contributed by atoms with E-state index in [9.17, 15) is 9.90 Å². The first-order valence-corrected chi connectivity index (χ1v) is 8.58. The van der Waals surface area contributed by atoms with E-state index in [1.807, 2.05) is 4.90 Å². The van der Waals surface area contributed by atoms with Crippen molar-refractivity contribution in [1.29, 1.82) is 0 Å². The molecular formula is C16H23NO2S. The summed E-state index contributed by atoms with van der Waals surface area (Å²) in [6, 6.07) is 2.12. The summed E-state index contributed by atoms with van der Waals surface area (Å²) in [6.45, 7) is 3.54. The Bertz CT molecular complexity index is 497. The van der Waals surface area contributed by atoms with Crippen molar-refractivity contribution in [3.63, 3.8) is 0 Å². The van der Waals surface area contributed by atoms with Gasteiger partial charge in [-0.2, -0.15) is 0 Å². The molecule has 1 aliphatic carbocycles. The van der Waals surface area contributed by atoms with Crippen LogP contribution in [0.15, 0.2) is 6.07 Å². The third-order valence-electron chi connectivity index (χ3n) is 4.66. The summed E-state index contributed by atoms with van der Waals surface area (Å²) in [6.07, 6.45) is 6.16. The number of aryl methyl sites for hydroxylation is 1. The molecule has 2 heterocycles. The standard InChI is InChI=1S/C16H23NO2S/c1-2-11-5-6-14-12(8-11)9-15(20-14)16(19)17-7-3-4-13(18)10-17/h9,11,13,18H,2-8,10H2,1H3/t11?,13-/m0/s1. The van der Waals surface area contributed by atoms with Crippen LogP contribution in [0.4, 0.5) is 0 Å². The molecule has 1 aromatic rings. The Kier molecular flexibility index (Phi) is 4.13. The Balaban J connectivity index is 1.74. The predicted octanol–water partition coefficient (Wildman–Crippen LogP) is 2.86. The average Bonchev–Trinajstić information content (AvgIpc) is 2.89. The van der Waals surface area contributed by atoms with Gasteiger partial charge in [-0.3, -0.25) is 4.79 Å². The normalized spacial score (nSPS) is 26.4. The third-order valence-corrected chi connectivity index (χ3v) is 5.88. The van der Waals surface area contributed by atoms with Crippen molar-refractivity contribution in [3.05, 3.63) is 21.4 Å². The molecule has 110 valence electrons. The van der Waals surface area contributed by atoms with Crippen LogP contribution in [0.25, 0.3) is 0 Å². The lowest BCUT2D eigenvalue weighted by Gasteiger charge is -2.29. The van der Waals surface area contributed by atoms with E-state index in [1.54, 1.807) is 11.3 Å². The minimum atomic E-state index is -0.341. The molecule has 1 aromatic heterocycles. The summed E-state index contributed by atoms with van der Waals surface area (Å²) in [5, 5.41) is 9.71. The van der Waals surface area contributed by atoms with E-state index in [0.717, 1.165) is 43.0 Å². The van der Waals surface area contributed by atoms with Crippen LogP contribution in [0.2, 0.25) is 0 Å². The van der Waals surface area contributed by atoms with Crippen molar-refractivity contribution in [2.45, 2.75) is 51.6 Å². The first-order valence-electron chi connectivity index (χ1n) is 7.76. The molecule has 2 atom stereocenters. The van der Waals surface area contributed by atoms with Crippen molar-refractivity contribution in [2.75, 3.05) is 13.1 Å². The second kappa shape index (κ2) is 5.86. The number of thiophene rings is 1. The van der Waals surface area contributed by atoms with Crippen LogP contribution in [-0.4, -0.2) is 35.1 Å². The first kappa shape index (κ1) is 14.1. The lowest BCUT2D eigenvalue weighted by Crippen LogP contribution is -2.41. The van der Waals surface area contributed by atoms with Gasteiger partial charge in [-0.25, -0.2) is 0 Å². The Morgan fingerprint density at radius 3 is 3.10 bits per heavy atom. The molecule has 1 fully saturated rings. The number of nitrogens with zero attached hydrogens (tertiary/aromatic N) is 1. The number of carbonyl (C=O) groups is 1. The number of rotatable bonds is 2. The highest BCUT2D eigenvalue weighted by Gasteiger charge is 2.27. The van der Waals surface area contributed by atoms with Crippen molar-refractivity contribution in [1.82, 2.24) is 4.90 Å². The number of aliphatic hydroxyl groups excluding tert-OH is 1. The highest BCUT2D eigenvalue weighted by molar-refractivity contribution is 7.14. The monoisotopic (exact) mass is 293 g/mol. The molecule has 0 radical (unpaired) electrons. The van der Waals surface area contributed by atoms with E-state index in [-0.39, 0.29) is 12.0 Å². The number of hydrogen-bond acceptors (Lipinski definition) is 3. The summed E-state index contributed by atoms with van der Waals surface area (Å²) >= 11 is 1.68. The van der Waals surface area contributed by atoms with Gasteiger partial charge in [0.05, 0.1) is 11.0 Å². The van der Waals surface area contributed by atoms with Gasteiger partial charge >= 0.3 is 0 Å². The molecule has 0 spiro atoms. The second-order valence-corrected chi connectivity index (χ2v) is 7.26. The maximum Gasteiger partial charge on any atom is 0.264 e. The molecule has 1 N–H and O–H groups in total. The van der Waals surface area contributed by atoms with Gasteiger partial charge in [0.15, 0.2) is 0 Å². The number of amides is 1. The van der Waals surface area contributed by atoms with E-state index in [2.05, 4.69) is 13.0 Å². The predicted molar refractivity (Wildman–Crippen MR) is 81.3 cm³/mol. The van der Waals surface area contributed by atoms with Gasteiger partial charge in [0.1, 0.15) is 0 Å². The number of hydrogen-bond donors (Lipinski definition) is 1. The van der Waals surface area contributed by atoms with Crippen LogP contribution < -0.4 is 0 Å². The van der Waals surface area contributed by atoms with E-state index in [1.165, 1.54) is 23.3 Å². The fourth-order valence-electron chi connectivity index (χ4n) is 3.35. The van der Waals surface area contributed by atoms with Crippen LogP contribution >= 0.6 is 11.3 Å². The summed E-state index contributed by atoms with van der Waals surface area (Å²) < 4.78 is 0. The van der Waals surface area contributed by atoms with E-state index in [0.29, 0.717) is 6.54 Å².